The molecule has 3 aliphatic rings. The molecule has 1 aromatic rings. The van der Waals surface area contributed by atoms with E-state index in [1.54, 1.807) is 6.07 Å². The first-order valence-corrected chi connectivity index (χ1v) is 11.6. The molecular weight excluding hydrogens is 420 g/mol. The molecule has 1 aliphatic carbocycles. The van der Waals surface area contributed by atoms with Crippen LogP contribution in [0.15, 0.2) is 52.5 Å². The summed E-state index contributed by atoms with van der Waals surface area (Å²) < 4.78 is 5.14. The Balaban J connectivity index is 1.23. The predicted molar refractivity (Wildman–Crippen MR) is 126 cm³/mol. The van der Waals surface area contributed by atoms with Gasteiger partial charge in [0, 0.05) is 32.7 Å². The summed E-state index contributed by atoms with van der Waals surface area (Å²) in [4.78, 5) is 34.6. The van der Waals surface area contributed by atoms with Crippen molar-refractivity contribution in [2.24, 2.45) is 5.18 Å². The van der Waals surface area contributed by atoms with E-state index < -0.39 is 6.04 Å². The lowest BCUT2D eigenvalue weighted by Gasteiger charge is -2.30. The van der Waals surface area contributed by atoms with Gasteiger partial charge < -0.3 is 15.4 Å². The molecule has 0 bridgehead atoms. The van der Waals surface area contributed by atoms with Gasteiger partial charge in [0.25, 0.3) is 5.91 Å². The van der Waals surface area contributed by atoms with Gasteiger partial charge in [0.2, 0.25) is 0 Å². The molecule has 1 unspecified atom stereocenters. The number of carbonyl (C=O) groups is 1. The molecule has 1 saturated heterocycles. The van der Waals surface area contributed by atoms with Crippen molar-refractivity contribution >= 4 is 5.91 Å². The molecule has 1 amide bonds. The van der Waals surface area contributed by atoms with Crippen LogP contribution in [-0.4, -0.2) is 72.3 Å². The van der Waals surface area contributed by atoms with Crippen molar-refractivity contribution in [2.75, 3.05) is 39.4 Å². The van der Waals surface area contributed by atoms with Crippen LogP contribution in [0.25, 0.3) is 0 Å². The van der Waals surface area contributed by atoms with Crippen LogP contribution in [0.2, 0.25) is 0 Å². The summed E-state index contributed by atoms with van der Waals surface area (Å²) in [6, 6.07) is 1.52. The van der Waals surface area contributed by atoms with Crippen molar-refractivity contribution in [1.82, 2.24) is 25.5 Å². The second-order valence-corrected chi connectivity index (χ2v) is 8.82. The monoisotopic (exact) mass is 452 g/mol. The number of hydrogen-bond donors (Lipinski definition) is 2. The Kier molecular flexibility index (Phi) is 8.09. The van der Waals surface area contributed by atoms with Crippen molar-refractivity contribution in [1.29, 1.82) is 0 Å². The molecule has 0 spiro atoms. The third-order valence-corrected chi connectivity index (χ3v) is 6.41. The van der Waals surface area contributed by atoms with Gasteiger partial charge in [0.1, 0.15) is 18.1 Å². The molecular formula is C24H32N6O3. The van der Waals surface area contributed by atoms with E-state index in [-0.39, 0.29) is 18.1 Å². The highest BCUT2D eigenvalue weighted by molar-refractivity contribution is 5.92. The predicted octanol–water partition coefficient (Wildman–Crippen LogP) is 2.13. The normalized spacial score (nSPS) is 19.8. The maximum atomic E-state index is 12.5. The minimum Gasteiger partial charge on any atom is -0.378 e. The van der Waals surface area contributed by atoms with Crippen LogP contribution < -0.4 is 10.6 Å². The van der Waals surface area contributed by atoms with Gasteiger partial charge >= 0.3 is 0 Å². The summed E-state index contributed by atoms with van der Waals surface area (Å²) in [6.07, 6.45) is 10.7. The van der Waals surface area contributed by atoms with Crippen LogP contribution in [0.4, 0.5) is 0 Å². The van der Waals surface area contributed by atoms with Gasteiger partial charge in [-0.05, 0) is 43.4 Å². The summed E-state index contributed by atoms with van der Waals surface area (Å²) in [5, 5.41) is 9.36. The van der Waals surface area contributed by atoms with Crippen molar-refractivity contribution in [3.63, 3.8) is 0 Å². The van der Waals surface area contributed by atoms with E-state index in [9.17, 15) is 9.70 Å². The minimum atomic E-state index is -0.475. The zero-order chi connectivity index (χ0) is 23.0. The third kappa shape index (κ3) is 6.40. The van der Waals surface area contributed by atoms with E-state index >= 15 is 0 Å². The van der Waals surface area contributed by atoms with Gasteiger partial charge in [-0.15, -0.1) is 0 Å². The first kappa shape index (κ1) is 23.4. The average Bonchev–Trinajstić information content (AvgIpc) is 2.99. The van der Waals surface area contributed by atoms with Crippen LogP contribution in [0.1, 0.15) is 42.4 Å². The number of rotatable bonds is 10. The number of nitrogens with one attached hydrogen (secondary N) is 2. The Morgan fingerprint density at radius 1 is 1.36 bits per heavy atom. The van der Waals surface area contributed by atoms with Gasteiger partial charge in [-0.3, -0.25) is 9.69 Å². The van der Waals surface area contributed by atoms with E-state index in [1.165, 1.54) is 23.0 Å². The summed E-state index contributed by atoms with van der Waals surface area (Å²) in [7, 11) is 0. The average molecular weight is 453 g/mol. The number of carbonyl (C=O) groups excluding carboxylic acids is 1. The largest absolute Gasteiger partial charge is 0.378 e. The lowest BCUT2D eigenvalue weighted by atomic mass is 9.94. The van der Waals surface area contributed by atoms with E-state index in [2.05, 4.69) is 55.8 Å². The fourth-order valence-corrected chi connectivity index (χ4v) is 4.26. The summed E-state index contributed by atoms with van der Waals surface area (Å²) in [6.45, 7) is 6.96. The second kappa shape index (κ2) is 11.4. The number of hydrogen-bond acceptors (Lipinski definition) is 8. The molecule has 1 fully saturated rings. The molecule has 0 aromatic carbocycles. The standard InChI is InChI=1S/C24H32N6O3/c1-17-4-2-3-5-18-13-30(9-7-22(17)18)8-6-19(29-32)11-26-24(31)23-10-20(27-16-28-23)12-25-21-14-33-15-21/h3-5,10,16,19,21,25H,2,6-9,11-15H2,1H3,(H,26,31). The Bertz CT molecular complexity index is 953. The highest BCUT2D eigenvalue weighted by atomic mass is 16.5. The topological polar surface area (TPSA) is 109 Å². The third-order valence-electron chi connectivity index (χ3n) is 6.41. The molecule has 2 aliphatic heterocycles. The Labute approximate surface area is 194 Å². The minimum absolute atomic E-state index is 0.197. The quantitative estimate of drug-likeness (QED) is 0.524. The van der Waals surface area contributed by atoms with Gasteiger partial charge in [-0.1, -0.05) is 29.0 Å². The molecule has 9 nitrogen and oxygen atoms in total. The molecule has 33 heavy (non-hydrogen) atoms. The van der Waals surface area contributed by atoms with Crippen LogP contribution in [0.5, 0.6) is 0 Å². The van der Waals surface area contributed by atoms with E-state index in [1.807, 2.05) is 0 Å². The first-order chi connectivity index (χ1) is 16.1. The highest BCUT2D eigenvalue weighted by Crippen LogP contribution is 2.27. The number of nitrogens with zero attached hydrogens (tertiary/aromatic N) is 4. The lowest BCUT2D eigenvalue weighted by Crippen LogP contribution is -2.45. The maximum absolute atomic E-state index is 12.5. The smallest absolute Gasteiger partial charge is 0.270 e. The molecule has 0 saturated carbocycles. The van der Waals surface area contributed by atoms with Crippen molar-refractivity contribution in [3.05, 3.63) is 63.6 Å². The van der Waals surface area contributed by atoms with Gasteiger partial charge in [0.15, 0.2) is 0 Å². The van der Waals surface area contributed by atoms with Crippen molar-refractivity contribution in [3.8, 4) is 0 Å². The molecule has 1 atom stereocenters. The molecule has 176 valence electrons. The Hall–Kier alpha value is -2.75. The number of aromatic nitrogens is 2. The van der Waals surface area contributed by atoms with E-state index in [4.69, 9.17) is 4.74 Å². The van der Waals surface area contributed by atoms with Crippen LogP contribution in [-0.2, 0) is 11.3 Å². The van der Waals surface area contributed by atoms with Gasteiger partial charge in [-0.25, -0.2) is 9.97 Å². The van der Waals surface area contributed by atoms with Crippen molar-refractivity contribution < 1.29 is 9.53 Å². The van der Waals surface area contributed by atoms with Crippen LogP contribution in [0, 0.1) is 4.91 Å². The first-order valence-electron chi connectivity index (χ1n) is 11.6. The lowest BCUT2D eigenvalue weighted by molar-refractivity contribution is -0.00591. The van der Waals surface area contributed by atoms with Crippen LogP contribution in [0.3, 0.4) is 0 Å². The molecule has 2 N–H and O–H groups in total. The number of amides is 1. The number of nitroso groups, excluding NO2 is 1. The molecule has 0 radical (unpaired) electrons. The molecule has 3 heterocycles. The second-order valence-electron chi connectivity index (χ2n) is 8.82. The Morgan fingerprint density at radius 2 is 2.24 bits per heavy atom. The summed E-state index contributed by atoms with van der Waals surface area (Å²) in [5.74, 6) is -0.321. The molecule has 9 heteroatoms. The zero-order valence-corrected chi connectivity index (χ0v) is 19.1. The zero-order valence-electron chi connectivity index (χ0n) is 19.1. The summed E-state index contributed by atoms with van der Waals surface area (Å²) >= 11 is 0. The number of allylic oxidation sites excluding steroid dienone is 3. The van der Waals surface area contributed by atoms with Gasteiger partial charge in [0.05, 0.1) is 24.9 Å². The molecule has 1 aromatic heterocycles. The van der Waals surface area contributed by atoms with E-state index in [0.717, 1.165) is 38.2 Å². The molecule has 4 rings (SSSR count). The highest BCUT2D eigenvalue weighted by Gasteiger charge is 2.21. The SMILES string of the molecule is CC1=CCC=CC2=C1CCN(CCC(CNC(=O)c1cc(CNC3COC3)ncn1)N=O)C2. The van der Waals surface area contributed by atoms with E-state index in [0.29, 0.717) is 32.2 Å². The number of ether oxygens (including phenoxy) is 1. The van der Waals surface area contributed by atoms with Gasteiger partial charge in [-0.2, -0.15) is 4.91 Å². The van der Waals surface area contributed by atoms with Crippen molar-refractivity contribution in [2.45, 2.75) is 44.8 Å². The fraction of sp³-hybridized carbons (Fsp3) is 0.542. The Morgan fingerprint density at radius 3 is 3.03 bits per heavy atom. The summed E-state index contributed by atoms with van der Waals surface area (Å²) in [5.41, 5.74) is 5.23. The fourth-order valence-electron chi connectivity index (χ4n) is 4.26. The van der Waals surface area contributed by atoms with Crippen LogP contribution >= 0.6 is 0 Å². The maximum Gasteiger partial charge on any atom is 0.270 e.